The van der Waals surface area contributed by atoms with E-state index in [9.17, 15) is 12.8 Å². The Hall–Kier alpha value is -3.19. The smallest absolute Gasteiger partial charge is 0.262 e. The van der Waals surface area contributed by atoms with Crippen molar-refractivity contribution >= 4 is 26.5 Å². The molecule has 0 saturated heterocycles. The zero-order valence-electron chi connectivity index (χ0n) is 14.2. The first-order valence-electron chi connectivity index (χ1n) is 8.29. The van der Waals surface area contributed by atoms with Crippen molar-refractivity contribution in [1.82, 2.24) is 9.78 Å². The highest BCUT2D eigenvalue weighted by atomic mass is 32.2. The molecule has 0 fully saturated rings. The van der Waals surface area contributed by atoms with Crippen molar-refractivity contribution in [3.8, 4) is 0 Å². The summed E-state index contributed by atoms with van der Waals surface area (Å²) in [5, 5.41) is 5.91. The third kappa shape index (κ3) is 3.68. The Kier molecular flexibility index (Phi) is 4.37. The summed E-state index contributed by atoms with van der Waals surface area (Å²) in [4.78, 5) is 0.169. The van der Waals surface area contributed by atoms with E-state index in [1.165, 1.54) is 23.1 Å². The minimum absolute atomic E-state index is 0.169. The molecule has 1 N–H and O–H groups in total. The van der Waals surface area contributed by atoms with E-state index in [0.29, 0.717) is 11.3 Å². The molecule has 1 heterocycles. The van der Waals surface area contributed by atoms with Crippen LogP contribution >= 0.6 is 0 Å². The molecule has 0 radical (unpaired) electrons. The maximum Gasteiger partial charge on any atom is 0.262 e. The van der Waals surface area contributed by atoms with Gasteiger partial charge in [0.05, 0.1) is 23.3 Å². The van der Waals surface area contributed by atoms with Gasteiger partial charge in [0.2, 0.25) is 0 Å². The molecule has 3 aromatic carbocycles. The van der Waals surface area contributed by atoms with E-state index in [1.54, 1.807) is 36.4 Å². The molecular formula is C20H16FN3O2S. The van der Waals surface area contributed by atoms with Crippen molar-refractivity contribution in [2.75, 3.05) is 4.72 Å². The lowest BCUT2D eigenvalue weighted by atomic mass is 10.1. The van der Waals surface area contributed by atoms with Crippen molar-refractivity contribution < 1.29 is 12.8 Å². The summed E-state index contributed by atoms with van der Waals surface area (Å²) < 4.78 is 43.1. The first-order valence-corrected chi connectivity index (χ1v) is 9.77. The third-order valence-corrected chi connectivity index (χ3v) is 5.59. The zero-order valence-corrected chi connectivity index (χ0v) is 15.0. The van der Waals surface area contributed by atoms with Crippen molar-refractivity contribution in [3.63, 3.8) is 0 Å². The molecular weight excluding hydrogens is 365 g/mol. The molecule has 0 aliphatic rings. The Morgan fingerprint density at radius 1 is 0.963 bits per heavy atom. The summed E-state index contributed by atoms with van der Waals surface area (Å²) in [5.41, 5.74) is 0.795. The molecule has 0 spiro atoms. The SMILES string of the molecule is O=S(=O)(Nc1cnn(Cc2ccccc2F)c1)c1ccc2ccccc2c1. The van der Waals surface area contributed by atoms with Crippen LogP contribution in [0.15, 0.2) is 84.0 Å². The molecule has 7 heteroatoms. The van der Waals surface area contributed by atoms with Crippen molar-refractivity contribution in [1.29, 1.82) is 0 Å². The Bertz CT molecular complexity index is 1220. The summed E-state index contributed by atoms with van der Waals surface area (Å²) in [6.45, 7) is 0.213. The van der Waals surface area contributed by atoms with Crippen LogP contribution in [0.1, 0.15) is 5.56 Å². The minimum atomic E-state index is -3.75. The number of aromatic nitrogens is 2. The fraction of sp³-hybridized carbons (Fsp3) is 0.0500. The molecule has 0 saturated carbocycles. The van der Waals surface area contributed by atoms with Crippen LogP contribution in [0.4, 0.5) is 10.1 Å². The van der Waals surface area contributed by atoms with E-state index in [2.05, 4.69) is 9.82 Å². The van der Waals surface area contributed by atoms with Crippen molar-refractivity contribution in [2.45, 2.75) is 11.4 Å². The van der Waals surface area contributed by atoms with Crippen LogP contribution in [0.5, 0.6) is 0 Å². The number of halogens is 1. The van der Waals surface area contributed by atoms with Crippen LogP contribution in [-0.2, 0) is 16.6 Å². The lowest BCUT2D eigenvalue weighted by molar-refractivity contribution is 0.585. The van der Waals surface area contributed by atoms with Gasteiger partial charge in [0.25, 0.3) is 10.0 Å². The second-order valence-corrected chi connectivity index (χ2v) is 7.81. The maximum atomic E-state index is 13.7. The maximum absolute atomic E-state index is 13.7. The summed E-state index contributed by atoms with van der Waals surface area (Å²) >= 11 is 0. The number of benzene rings is 3. The van der Waals surface area contributed by atoms with Gasteiger partial charge in [0, 0.05) is 11.8 Å². The van der Waals surface area contributed by atoms with E-state index < -0.39 is 10.0 Å². The van der Waals surface area contributed by atoms with Crippen LogP contribution in [0.2, 0.25) is 0 Å². The van der Waals surface area contributed by atoms with E-state index in [4.69, 9.17) is 0 Å². The van der Waals surface area contributed by atoms with Gasteiger partial charge in [-0.15, -0.1) is 0 Å². The quantitative estimate of drug-likeness (QED) is 0.568. The number of hydrogen-bond acceptors (Lipinski definition) is 3. The normalized spacial score (nSPS) is 11.6. The number of nitrogens with zero attached hydrogens (tertiary/aromatic N) is 2. The van der Waals surface area contributed by atoms with Crippen LogP contribution in [-0.4, -0.2) is 18.2 Å². The molecule has 5 nitrogen and oxygen atoms in total. The van der Waals surface area contributed by atoms with Gasteiger partial charge >= 0.3 is 0 Å². The summed E-state index contributed by atoms with van der Waals surface area (Å²) in [6, 6.07) is 18.9. The fourth-order valence-electron chi connectivity index (χ4n) is 2.85. The van der Waals surface area contributed by atoms with Gasteiger partial charge < -0.3 is 0 Å². The number of rotatable bonds is 5. The lowest BCUT2D eigenvalue weighted by Gasteiger charge is -2.07. The Morgan fingerprint density at radius 2 is 1.70 bits per heavy atom. The first-order chi connectivity index (χ1) is 13.0. The van der Waals surface area contributed by atoms with Gasteiger partial charge in [-0.3, -0.25) is 9.40 Å². The average molecular weight is 381 g/mol. The van der Waals surface area contributed by atoms with Gasteiger partial charge in [-0.05, 0) is 29.0 Å². The molecule has 0 aliphatic carbocycles. The molecule has 27 heavy (non-hydrogen) atoms. The highest BCUT2D eigenvalue weighted by Crippen LogP contribution is 2.21. The van der Waals surface area contributed by atoms with E-state index in [0.717, 1.165) is 10.8 Å². The number of fused-ring (bicyclic) bond motifs is 1. The fourth-order valence-corrected chi connectivity index (χ4v) is 3.92. The molecule has 0 atom stereocenters. The third-order valence-electron chi connectivity index (χ3n) is 4.21. The average Bonchev–Trinajstić information content (AvgIpc) is 3.09. The highest BCUT2D eigenvalue weighted by Gasteiger charge is 2.16. The molecule has 0 amide bonds. The van der Waals surface area contributed by atoms with Gasteiger partial charge in [-0.25, -0.2) is 12.8 Å². The van der Waals surface area contributed by atoms with Gasteiger partial charge in [0.1, 0.15) is 5.82 Å². The van der Waals surface area contributed by atoms with E-state index in [1.807, 2.05) is 24.3 Å². The number of anilines is 1. The summed E-state index contributed by atoms with van der Waals surface area (Å²) in [5.74, 6) is -0.328. The molecule has 0 aliphatic heterocycles. The minimum Gasteiger partial charge on any atom is -0.276 e. The molecule has 4 rings (SSSR count). The predicted molar refractivity (Wildman–Crippen MR) is 102 cm³/mol. The van der Waals surface area contributed by atoms with Crippen molar-refractivity contribution in [2.24, 2.45) is 0 Å². The zero-order chi connectivity index (χ0) is 18.9. The summed E-state index contributed by atoms with van der Waals surface area (Å²) in [7, 11) is -3.75. The van der Waals surface area contributed by atoms with Crippen LogP contribution in [0.25, 0.3) is 10.8 Å². The monoisotopic (exact) mass is 381 g/mol. The van der Waals surface area contributed by atoms with Gasteiger partial charge in [0.15, 0.2) is 0 Å². The highest BCUT2D eigenvalue weighted by molar-refractivity contribution is 7.92. The topological polar surface area (TPSA) is 64.0 Å². The van der Waals surface area contributed by atoms with Gasteiger partial charge in [-0.2, -0.15) is 5.10 Å². The van der Waals surface area contributed by atoms with Crippen LogP contribution in [0.3, 0.4) is 0 Å². The lowest BCUT2D eigenvalue weighted by Crippen LogP contribution is -2.12. The largest absolute Gasteiger partial charge is 0.276 e. The molecule has 0 bridgehead atoms. The standard InChI is InChI=1S/C20H16FN3O2S/c21-20-8-4-3-7-17(20)13-24-14-18(12-22-24)23-27(25,26)19-10-9-15-5-1-2-6-16(15)11-19/h1-12,14,23H,13H2. The first kappa shape index (κ1) is 17.2. The second kappa shape index (κ2) is 6.85. The molecule has 0 unspecified atom stereocenters. The molecule has 4 aromatic rings. The molecule has 1 aromatic heterocycles. The number of nitrogens with one attached hydrogen (secondary N) is 1. The van der Waals surface area contributed by atoms with Crippen molar-refractivity contribution in [3.05, 3.63) is 90.5 Å². The number of sulfonamides is 1. The van der Waals surface area contributed by atoms with Crippen LogP contribution in [0, 0.1) is 5.82 Å². The van der Waals surface area contributed by atoms with E-state index in [-0.39, 0.29) is 17.3 Å². The Morgan fingerprint density at radius 3 is 2.52 bits per heavy atom. The van der Waals surface area contributed by atoms with Crippen LogP contribution < -0.4 is 4.72 Å². The van der Waals surface area contributed by atoms with Gasteiger partial charge in [-0.1, -0.05) is 48.5 Å². The number of hydrogen-bond donors (Lipinski definition) is 1. The Labute approximate surface area is 156 Å². The second-order valence-electron chi connectivity index (χ2n) is 6.13. The summed E-state index contributed by atoms with van der Waals surface area (Å²) in [6.07, 6.45) is 2.93. The Balaban J connectivity index is 1.56. The predicted octanol–water partition coefficient (Wildman–Crippen LogP) is 4.02. The van der Waals surface area contributed by atoms with E-state index >= 15 is 0 Å². The molecule has 136 valence electrons.